The van der Waals surface area contributed by atoms with Crippen LogP contribution in [-0.2, 0) is 9.16 Å². The second-order valence-electron chi connectivity index (χ2n) is 7.48. The number of aliphatic hydroxyl groups is 1. The third-order valence-corrected chi connectivity index (χ3v) is 5.90. The lowest BCUT2D eigenvalue weighted by atomic mass is 10.1. The number of amides is 1. The van der Waals surface area contributed by atoms with Crippen LogP contribution in [0.4, 0.5) is 5.82 Å². The number of aromatic nitrogens is 4. The lowest BCUT2D eigenvalue weighted by Gasteiger charge is -2.24. The Labute approximate surface area is 175 Å². The Balaban J connectivity index is 1.66. The zero-order chi connectivity index (χ0) is 21.3. The van der Waals surface area contributed by atoms with E-state index in [-0.39, 0.29) is 12.0 Å². The highest BCUT2D eigenvalue weighted by atomic mass is 28.3. The molecular formula is C20H25N5O4Si. The molecule has 0 unspecified atom stereocenters. The smallest absolute Gasteiger partial charge is 0.256 e. The summed E-state index contributed by atoms with van der Waals surface area (Å²) in [6, 6.07) is 8.89. The quantitative estimate of drug-likeness (QED) is 0.580. The molecule has 1 amide bonds. The molecule has 158 valence electrons. The molecule has 4 atom stereocenters. The molecule has 1 aromatic carbocycles. The minimum absolute atomic E-state index is 0.282. The van der Waals surface area contributed by atoms with Gasteiger partial charge < -0.3 is 19.6 Å². The van der Waals surface area contributed by atoms with Crippen LogP contribution < -0.4 is 5.32 Å². The van der Waals surface area contributed by atoms with Crippen molar-refractivity contribution >= 4 is 31.9 Å². The van der Waals surface area contributed by atoms with Gasteiger partial charge in [-0.25, -0.2) is 15.0 Å². The lowest BCUT2D eigenvalue weighted by molar-refractivity contribution is -0.0306. The molecule has 0 spiro atoms. The number of nitrogens with one attached hydrogen (secondary N) is 1. The summed E-state index contributed by atoms with van der Waals surface area (Å²) >= 11 is 0. The minimum Gasteiger partial charge on any atom is -0.410 e. The Kier molecular flexibility index (Phi) is 5.91. The van der Waals surface area contributed by atoms with Crippen LogP contribution in [0.5, 0.6) is 0 Å². The summed E-state index contributed by atoms with van der Waals surface area (Å²) in [4.78, 5) is 25.5. The average molecular weight is 428 g/mol. The van der Waals surface area contributed by atoms with Crippen molar-refractivity contribution in [2.45, 2.75) is 51.0 Å². The fraction of sp³-hybridized carbons (Fsp3) is 0.400. The standard InChI is InChI=1S/C20H25N5O4Si/c1-4-13-15(26)16(29-30(2)3)20(28-13)25-11-23-14-17(21-10-22-18(14)25)24-19(27)12-8-6-5-7-9-12/h5-11,13,15-16,20,26,30H,4H2,1-3H3,(H,21,22,24,27)/t13-,15-,16-,20-/m1/s1. The van der Waals surface area contributed by atoms with Gasteiger partial charge in [-0.1, -0.05) is 25.1 Å². The van der Waals surface area contributed by atoms with Crippen molar-refractivity contribution in [2.75, 3.05) is 5.32 Å². The number of carbonyl (C=O) groups excluding carboxylic acids is 1. The second-order valence-corrected chi connectivity index (χ2v) is 9.85. The molecule has 1 aliphatic heterocycles. The van der Waals surface area contributed by atoms with Gasteiger partial charge in [-0.2, -0.15) is 0 Å². The average Bonchev–Trinajstić information content (AvgIpc) is 3.30. The van der Waals surface area contributed by atoms with Gasteiger partial charge in [-0.15, -0.1) is 0 Å². The van der Waals surface area contributed by atoms with E-state index in [9.17, 15) is 9.90 Å². The number of aliphatic hydroxyl groups excluding tert-OH is 1. The number of imidazole rings is 1. The molecule has 0 radical (unpaired) electrons. The van der Waals surface area contributed by atoms with Gasteiger partial charge in [0.2, 0.25) is 0 Å². The molecule has 1 fully saturated rings. The third-order valence-electron chi connectivity index (χ3n) is 5.05. The predicted molar refractivity (Wildman–Crippen MR) is 114 cm³/mol. The number of carbonyl (C=O) groups is 1. The summed E-state index contributed by atoms with van der Waals surface area (Å²) in [7, 11) is -1.43. The van der Waals surface area contributed by atoms with Crippen molar-refractivity contribution in [2.24, 2.45) is 0 Å². The maximum atomic E-state index is 12.5. The molecule has 10 heteroatoms. The van der Waals surface area contributed by atoms with E-state index in [2.05, 4.69) is 33.4 Å². The first kappa shape index (κ1) is 20.6. The van der Waals surface area contributed by atoms with E-state index in [1.807, 2.05) is 13.0 Å². The maximum absolute atomic E-state index is 12.5. The Morgan fingerprint density at radius 2 is 2.03 bits per heavy atom. The molecular weight excluding hydrogens is 402 g/mol. The summed E-state index contributed by atoms with van der Waals surface area (Å²) in [5.74, 6) is 0.0321. The van der Waals surface area contributed by atoms with E-state index >= 15 is 0 Å². The van der Waals surface area contributed by atoms with Crippen LogP contribution in [0.15, 0.2) is 43.0 Å². The molecule has 0 bridgehead atoms. The van der Waals surface area contributed by atoms with Crippen molar-refractivity contribution in [1.29, 1.82) is 0 Å². The molecule has 1 aliphatic rings. The Morgan fingerprint density at radius 1 is 1.27 bits per heavy atom. The Hall–Kier alpha value is -2.66. The first-order chi connectivity index (χ1) is 14.5. The zero-order valence-electron chi connectivity index (χ0n) is 17.1. The highest BCUT2D eigenvalue weighted by molar-refractivity contribution is 6.48. The zero-order valence-corrected chi connectivity index (χ0v) is 18.3. The normalized spacial score (nSPS) is 23.9. The van der Waals surface area contributed by atoms with E-state index in [1.54, 1.807) is 35.2 Å². The van der Waals surface area contributed by atoms with Gasteiger partial charge in [0.1, 0.15) is 18.5 Å². The van der Waals surface area contributed by atoms with Gasteiger partial charge in [0, 0.05) is 5.56 Å². The lowest BCUT2D eigenvalue weighted by Crippen LogP contribution is -2.36. The number of hydrogen-bond donors (Lipinski definition) is 2. The summed E-state index contributed by atoms with van der Waals surface area (Å²) in [6.07, 6.45) is 1.50. The highest BCUT2D eigenvalue weighted by Gasteiger charge is 2.45. The fourth-order valence-electron chi connectivity index (χ4n) is 3.64. The van der Waals surface area contributed by atoms with E-state index in [4.69, 9.17) is 9.16 Å². The number of fused-ring (bicyclic) bond motifs is 1. The highest BCUT2D eigenvalue weighted by Crippen LogP contribution is 2.35. The molecule has 9 nitrogen and oxygen atoms in total. The van der Waals surface area contributed by atoms with Crippen LogP contribution in [-0.4, -0.2) is 57.9 Å². The largest absolute Gasteiger partial charge is 0.410 e. The van der Waals surface area contributed by atoms with E-state index < -0.39 is 27.5 Å². The molecule has 4 rings (SSSR count). The summed E-state index contributed by atoms with van der Waals surface area (Å²) < 4.78 is 13.9. The number of hydrogen-bond acceptors (Lipinski definition) is 7. The van der Waals surface area contributed by atoms with E-state index in [1.165, 1.54) is 6.33 Å². The summed E-state index contributed by atoms with van der Waals surface area (Å²) in [6.45, 7) is 6.06. The van der Waals surface area contributed by atoms with Gasteiger partial charge in [-0.3, -0.25) is 9.36 Å². The van der Waals surface area contributed by atoms with Gasteiger partial charge >= 0.3 is 0 Å². The van der Waals surface area contributed by atoms with Gasteiger partial charge in [0.15, 0.2) is 32.2 Å². The van der Waals surface area contributed by atoms with Gasteiger partial charge in [0.25, 0.3) is 5.91 Å². The van der Waals surface area contributed by atoms with Crippen LogP contribution in [0.1, 0.15) is 29.9 Å². The monoisotopic (exact) mass is 427 g/mol. The van der Waals surface area contributed by atoms with Crippen LogP contribution in [0.3, 0.4) is 0 Å². The predicted octanol–water partition coefficient (Wildman–Crippen LogP) is 2.12. The Morgan fingerprint density at radius 3 is 2.73 bits per heavy atom. The fourth-order valence-corrected chi connectivity index (χ4v) is 4.56. The third kappa shape index (κ3) is 3.86. The molecule has 30 heavy (non-hydrogen) atoms. The molecule has 3 heterocycles. The van der Waals surface area contributed by atoms with Gasteiger partial charge in [0.05, 0.1) is 12.4 Å². The van der Waals surface area contributed by atoms with Crippen molar-refractivity contribution in [3.8, 4) is 0 Å². The molecule has 0 aliphatic carbocycles. The first-order valence-corrected chi connectivity index (χ1v) is 12.8. The van der Waals surface area contributed by atoms with Crippen molar-refractivity contribution in [3.05, 3.63) is 48.5 Å². The Bertz CT molecular complexity index is 1030. The number of anilines is 1. The van der Waals surface area contributed by atoms with Crippen molar-refractivity contribution < 1.29 is 19.1 Å². The second kappa shape index (κ2) is 8.60. The first-order valence-electron chi connectivity index (χ1n) is 10.0. The SMILES string of the molecule is CC[C@H]1O[C@@H](n2cnc3c(NC(=O)c4ccccc4)ncnc32)[C@H](O[SiH](C)C)[C@@H]1O. The molecule has 2 aromatic heterocycles. The van der Waals surface area contributed by atoms with Gasteiger partial charge in [-0.05, 0) is 31.6 Å². The van der Waals surface area contributed by atoms with Crippen molar-refractivity contribution in [1.82, 2.24) is 19.5 Å². The topological polar surface area (TPSA) is 111 Å². The molecule has 2 N–H and O–H groups in total. The summed E-state index contributed by atoms with van der Waals surface area (Å²) in [5.41, 5.74) is 1.47. The number of nitrogens with zero attached hydrogens (tertiary/aromatic N) is 4. The summed E-state index contributed by atoms with van der Waals surface area (Å²) in [5, 5.41) is 13.5. The van der Waals surface area contributed by atoms with Crippen LogP contribution in [0.25, 0.3) is 11.2 Å². The number of rotatable bonds is 6. The number of ether oxygens (including phenoxy) is 1. The van der Waals surface area contributed by atoms with Crippen LogP contribution in [0, 0.1) is 0 Å². The van der Waals surface area contributed by atoms with E-state index in [0.717, 1.165) is 0 Å². The maximum Gasteiger partial charge on any atom is 0.256 e. The molecule has 3 aromatic rings. The molecule has 1 saturated heterocycles. The molecule has 0 saturated carbocycles. The van der Waals surface area contributed by atoms with Crippen molar-refractivity contribution in [3.63, 3.8) is 0 Å². The number of benzene rings is 1. The van der Waals surface area contributed by atoms with Crippen LogP contribution >= 0.6 is 0 Å². The van der Waals surface area contributed by atoms with E-state index in [0.29, 0.717) is 29.0 Å². The minimum atomic E-state index is -1.43. The van der Waals surface area contributed by atoms with Crippen LogP contribution in [0.2, 0.25) is 13.1 Å².